The highest BCUT2D eigenvalue weighted by Gasteiger charge is 2.14. The van der Waals surface area contributed by atoms with Crippen molar-refractivity contribution in [2.24, 2.45) is 14.1 Å². The predicted molar refractivity (Wildman–Crippen MR) is 71.8 cm³/mol. The van der Waals surface area contributed by atoms with E-state index in [-0.39, 0.29) is 5.91 Å². The lowest BCUT2D eigenvalue weighted by Crippen LogP contribution is -2.28. The molecule has 19 heavy (non-hydrogen) atoms. The fourth-order valence-corrected chi connectivity index (χ4v) is 1.89. The first-order chi connectivity index (χ1) is 9.13. The summed E-state index contributed by atoms with van der Waals surface area (Å²) in [6.07, 6.45) is 1.95. The summed E-state index contributed by atoms with van der Waals surface area (Å²) in [5.41, 5.74) is 2.30. The Morgan fingerprint density at radius 1 is 1.47 bits per heavy atom. The number of carbonyl (C=O) groups is 1. The summed E-state index contributed by atoms with van der Waals surface area (Å²) in [5, 5.41) is 7.15. The number of aromatic nitrogens is 3. The van der Waals surface area contributed by atoms with Gasteiger partial charge < -0.3 is 14.6 Å². The van der Waals surface area contributed by atoms with Gasteiger partial charge >= 0.3 is 0 Å². The number of amides is 1. The first kappa shape index (κ1) is 13.4. The number of nitrogens with one attached hydrogen (secondary N) is 1. The molecule has 0 aliphatic carbocycles. The van der Waals surface area contributed by atoms with Crippen molar-refractivity contribution >= 4 is 5.91 Å². The van der Waals surface area contributed by atoms with E-state index in [9.17, 15) is 4.79 Å². The van der Waals surface area contributed by atoms with Crippen LogP contribution in [-0.4, -0.2) is 40.5 Å². The minimum absolute atomic E-state index is 0.146. The van der Waals surface area contributed by atoms with Crippen LogP contribution in [0.3, 0.4) is 0 Å². The lowest BCUT2D eigenvalue weighted by atomic mass is 10.2. The summed E-state index contributed by atoms with van der Waals surface area (Å²) < 4.78 is 8.45. The van der Waals surface area contributed by atoms with Crippen LogP contribution in [0.4, 0.5) is 0 Å². The summed E-state index contributed by atoms with van der Waals surface area (Å²) in [4.78, 5) is 12.0. The Labute approximate surface area is 112 Å². The summed E-state index contributed by atoms with van der Waals surface area (Å²) in [7, 11) is 5.31. The minimum Gasteiger partial charge on any atom is -0.383 e. The monoisotopic (exact) mass is 262 g/mol. The second-order valence-corrected chi connectivity index (χ2v) is 4.29. The molecule has 6 nitrogen and oxygen atoms in total. The number of methoxy groups -OCH3 is 1. The van der Waals surface area contributed by atoms with Gasteiger partial charge in [0.25, 0.3) is 5.91 Å². The lowest BCUT2D eigenvalue weighted by Gasteiger charge is -2.03. The van der Waals surface area contributed by atoms with E-state index in [1.165, 1.54) is 0 Å². The SMILES string of the molecule is COCCNC(=O)c1cc(-c2cccn2C)nn1C. The van der Waals surface area contributed by atoms with E-state index in [2.05, 4.69) is 10.4 Å². The van der Waals surface area contributed by atoms with E-state index in [0.29, 0.717) is 18.8 Å². The van der Waals surface area contributed by atoms with Crippen LogP contribution in [0.2, 0.25) is 0 Å². The van der Waals surface area contributed by atoms with Crippen LogP contribution in [0.1, 0.15) is 10.5 Å². The van der Waals surface area contributed by atoms with E-state index in [1.807, 2.05) is 29.9 Å². The van der Waals surface area contributed by atoms with Crippen molar-refractivity contribution in [2.75, 3.05) is 20.3 Å². The van der Waals surface area contributed by atoms with E-state index in [4.69, 9.17) is 4.74 Å². The Bertz CT molecular complexity index is 571. The zero-order valence-electron chi connectivity index (χ0n) is 11.4. The van der Waals surface area contributed by atoms with Gasteiger partial charge in [-0.25, -0.2) is 0 Å². The predicted octanol–water partition coefficient (Wildman–Crippen LogP) is 0.802. The third kappa shape index (κ3) is 2.85. The molecule has 2 aromatic rings. The molecule has 0 aliphatic heterocycles. The van der Waals surface area contributed by atoms with Crippen molar-refractivity contribution in [2.45, 2.75) is 0 Å². The van der Waals surface area contributed by atoms with Gasteiger partial charge in [-0.3, -0.25) is 9.48 Å². The van der Waals surface area contributed by atoms with E-state index in [0.717, 1.165) is 11.4 Å². The van der Waals surface area contributed by atoms with Crippen LogP contribution in [-0.2, 0) is 18.8 Å². The Kier molecular flexibility index (Phi) is 4.01. The molecule has 2 aromatic heterocycles. The van der Waals surface area contributed by atoms with Gasteiger partial charge in [-0.1, -0.05) is 0 Å². The highest BCUT2D eigenvalue weighted by Crippen LogP contribution is 2.18. The van der Waals surface area contributed by atoms with Crippen LogP contribution in [0.25, 0.3) is 11.4 Å². The molecule has 0 bridgehead atoms. The number of aryl methyl sites for hydroxylation is 2. The van der Waals surface area contributed by atoms with Gasteiger partial charge in [-0.15, -0.1) is 0 Å². The molecule has 2 rings (SSSR count). The molecule has 0 atom stereocenters. The fourth-order valence-electron chi connectivity index (χ4n) is 1.89. The summed E-state index contributed by atoms with van der Waals surface area (Å²) in [6.45, 7) is 0.980. The van der Waals surface area contributed by atoms with Crippen LogP contribution >= 0.6 is 0 Å². The molecule has 0 spiro atoms. The molecule has 0 radical (unpaired) electrons. The second kappa shape index (κ2) is 5.71. The maximum Gasteiger partial charge on any atom is 0.269 e. The normalized spacial score (nSPS) is 10.7. The van der Waals surface area contributed by atoms with Gasteiger partial charge in [0.1, 0.15) is 11.4 Å². The van der Waals surface area contributed by atoms with E-state index >= 15 is 0 Å². The zero-order chi connectivity index (χ0) is 13.8. The van der Waals surface area contributed by atoms with Crippen LogP contribution in [0.15, 0.2) is 24.4 Å². The maximum atomic E-state index is 12.0. The largest absolute Gasteiger partial charge is 0.383 e. The van der Waals surface area contributed by atoms with Gasteiger partial charge in [0, 0.05) is 33.9 Å². The molecular weight excluding hydrogens is 244 g/mol. The molecule has 0 aromatic carbocycles. The minimum atomic E-state index is -0.146. The quantitative estimate of drug-likeness (QED) is 0.811. The van der Waals surface area contributed by atoms with Crippen molar-refractivity contribution in [3.05, 3.63) is 30.1 Å². The Balaban J connectivity index is 2.17. The van der Waals surface area contributed by atoms with Crippen LogP contribution in [0, 0.1) is 0 Å². The second-order valence-electron chi connectivity index (χ2n) is 4.29. The van der Waals surface area contributed by atoms with Crippen molar-refractivity contribution in [1.29, 1.82) is 0 Å². The van der Waals surface area contributed by atoms with Crippen molar-refractivity contribution in [1.82, 2.24) is 19.7 Å². The highest BCUT2D eigenvalue weighted by molar-refractivity contribution is 5.93. The molecule has 2 heterocycles. The Morgan fingerprint density at radius 2 is 2.26 bits per heavy atom. The van der Waals surface area contributed by atoms with Crippen molar-refractivity contribution in [3.63, 3.8) is 0 Å². The topological polar surface area (TPSA) is 61.1 Å². The molecule has 6 heteroatoms. The van der Waals surface area contributed by atoms with Gasteiger partial charge in [-0.05, 0) is 18.2 Å². The number of hydrogen-bond acceptors (Lipinski definition) is 3. The van der Waals surface area contributed by atoms with Crippen LogP contribution in [0.5, 0.6) is 0 Å². The summed E-state index contributed by atoms with van der Waals surface area (Å²) in [5.74, 6) is -0.146. The average molecular weight is 262 g/mol. The van der Waals surface area contributed by atoms with Gasteiger partial charge in [-0.2, -0.15) is 5.10 Å². The molecule has 1 N–H and O–H groups in total. The fraction of sp³-hybridized carbons (Fsp3) is 0.385. The van der Waals surface area contributed by atoms with Crippen LogP contribution < -0.4 is 5.32 Å². The zero-order valence-corrected chi connectivity index (χ0v) is 11.4. The molecular formula is C13H18N4O2. The Morgan fingerprint density at radius 3 is 2.89 bits per heavy atom. The van der Waals surface area contributed by atoms with Gasteiger partial charge in [0.2, 0.25) is 0 Å². The van der Waals surface area contributed by atoms with Gasteiger partial charge in [0.05, 0.1) is 12.3 Å². The third-order valence-electron chi connectivity index (χ3n) is 2.91. The molecule has 1 amide bonds. The van der Waals surface area contributed by atoms with E-state index < -0.39 is 0 Å². The number of ether oxygens (including phenoxy) is 1. The molecule has 0 fully saturated rings. The lowest BCUT2D eigenvalue weighted by molar-refractivity contribution is 0.0927. The molecule has 0 saturated heterocycles. The van der Waals surface area contributed by atoms with Crippen molar-refractivity contribution in [3.8, 4) is 11.4 Å². The number of hydrogen-bond donors (Lipinski definition) is 1. The third-order valence-corrected chi connectivity index (χ3v) is 2.91. The van der Waals surface area contributed by atoms with Crippen molar-refractivity contribution < 1.29 is 9.53 Å². The smallest absolute Gasteiger partial charge is 0.269 e. The first-order valence-electron chi connectivity index (χ1n) is 6.06. The summed E-state index contributed by atoms with van der Waals surface area (Å²) >= 11 is 0. The summed E-state index contributed by atoms with van der Waals surface area (Å²) in [6, 6.07) is 5.70. The molecule has 102 valence electrons. The first-order valence-corrected chi connectivity index (χ1v) is 6.06. The average Bonchev–Trinajstić information content (AvgIpc) is 2.95. The number of carbonyl (C=O) groups excluding carboxylic acids is 1. The maximum absolute atomic E-state index is 12.0. The molecule has 0 unspecified atom stereocenters. The number of nitrogens with zero attached hydrogens (tertiary/aromatic N) is 3. The highest BCUT2D eigenvalue weighted by atomic mass is 16.5. The van der Waals surface area contributed by atoms with Gasteiger partial charge in [0.15, 0.2) is 0 Å². The number of rotatable bonds is 5. The molecule has 0 aliphatic rings. The Hall–Kier alpha value is -2.08. The standard InChI is InChI=1S/C13H18N4O2/c1-16-7-4-5-11(16)10-9-12(17(2)15-10)13(18)14-6-8-19-3/h4-5,7,9H,6,8H2,1-3H3,(H,14,18). The van der Waals surface area contributed by atoms with E-state index in [1.54, 1.807) is 24.9 Å². The molecule has 0 saturated carbocycles.